The minimum absolute atomic E-state index is 0.128. The van der Waals surface area contributed by atoms with Gasteiger partial charge in [-0.25, -0.2) is 23.5 Å². The quantitative estimate of drug-likeness (QED) is 0.700. The van der Waals surface area contributed by atoms with Crippen LogP contribution < -0.4 is 10.0 Å². The Balaban J connectivity index is 1.63. The van der Waals surface area contributed by atoms with Crippen molar-refractivity contribution in [3.63, 3.8) is 0 Å². The van der Waals surface area contributed by atoms with Crippen molar-refractivity contribution >= 4 is 16.0 Å². The van der Waals surface area contributed by atoms with E-state index in [2.05, 4.69) is 4.98 Å². The van der Waals surface area contributed by atoms with Crippen molar-refractivity contribution in [1.29, 1.82) is 0 Å². The van der Waals surface area contributed by atoms with E-state index in [1.165, 1.54) is 0 Å². The highest BCUT2D eigenvalue weighted by atomic mass is 32.2. The predicted molar refractivity (Wildman–Crippen MR) is 121 cm³/mol. The second-order valence-electron chi connectivity index (χ2n) is 10.3. The van der Waals surface area contributed by atoms with E-state index in [4.69, 9.17) is 10.1 Å². The van der Waals surface area contributed by atoms with Gasteiger partial charge in [-0.05, 0) is 42.4 Å². The van der Waals surface area contributed by atoms with Gasteiger partial charge < -0.3 is 10.0 Å². The highest BCUT2D eigenvalue weighted by Gasteiger charge is 2.45. The molecule has 10 heteroatoms. The topological polar surface area (TPSA) is 109 Å². The third-order valence-corrected chi connectivity index (χ3v) is 8.27. The molecule has 1 aliphatic heterocycles. The number of aliphatic hydroxyl groups is 1. The van der Waals surface area contributed by atoms with Crippen molar-refractivity contribution in [2.45, 2.75) is 69.4 Å². The smallest absolute Gasteiger partial charge is 0.290 e. The molecule has 33 heavy (non-hydrogen) atoms. The molecule has 0 spiro atoms. The number of nitrogens with zero attached hydrogens (tertiary/aromatic N) is 3. The molecule has 7 nitrogen and oxygen atoms in total. The van der Waals surface area contributed by atoms with Gasteiger partial charge in [-0.2, -0.15) is 8.78 Å². The van der Waals surface area contributed by atoms with E-state index >= 15 is 0 Å². The first kappa shape index (κ1) is 22.6. The van der Waals surface area contributed by atoms with E-state index in [1.807, 2.05) is 39.0 Å². The molecule has 0 radical (unpaired) electrons. The van der Waals surface area contributed by atoms with Gasteiger partial charge >= 0.3 is 0 Å². The summed E-state index contributed by atoms with van der Waals surface area (Å²) in [5, 5.41) is 15.2. The Bertz CT molecular complexity index is 1250. The molecule has 2 aliphatic carbocycles. The molecule has 1 saturated heterocycles. The molecule has 3 N–H and O–H groups in total. The Hall–Kier alpha value is -2.17. The van der Waals surface area contributed by atoms with Crippen LogP contribution in [-0.4, -0.2) is 47.9 Å². The molecule has 3 atom stereocenters. The van der Waals surface area contributed by atoms with Crippen molar-refractivity contribution in [3.05, 3.63) is 40.6 Å². The van der Waals surface area contributed by atoms with Crippen molar-refractivity contribution in [3.8, 4) is 11.3 Å². The van der Waals surface area contributed by atoms with E-state index in [0.717, 1.165) is 11.1 Å². The Morgan fingerprint density at radius 2 is 2.00 bits per heavy atom. The Morgan fingerprint density at radius 1 is 1.27 bits per heavy atom. The summed E-state index contributed by atoms with van der Waals surface area (Å²) in [4.78, 5) is 10.7. The first-order valence-corrected chi connectivity index (χ1v) is 12.9. The lowest BCUT2D eigenvalue weighted by Gasteiger charge is -2.43. The number of aliphatic hydroxyl groups excluding tert-OH is 1. The van der Waals surface area contributed by atoms with Gasteiger partial charge in [-0.3, -0.25) is 0 Å². The van der Waals surface area contributed by atoms with Crippen molar-refractivity contribution in [2.24, 2.45) is 5.14 Å². The molecule has 0 bridgehead atoms. The SMILES string of the molecule is C[C@H]1[C@H](O)CN1c1nc(-c2ccc3c(c2)C(C)(C)C[C@@H]3CS(N)(=O)=O)c2c(n1)C(F)(F)CC2. The zero-order valence-corrected chi connectivity index (χ0v) is 19.7. The van der Waals surface area contributed by atoms with Crippen LogP contribution in [0.5, 0.6) is 0 Å². The summed E-state index contributed by atoms with van der Waals surface area (Å²) in [5.74, 6) is -3.16. The minimum Gasteiger partial charge on any atom is -0.389 e. The lowest BCUT2D eigenvalue weighted by molar-refractivity contribution is -0.00603. The fourth-order valence-electron chi connectivity index (χ4n) is 5.54. The summed E-state index contributed by atoms with van der Waals surface area (Å²) in [5.41, 5.74) is 3.03. The Kier molecular flexibility index (Phi) is 4.91. The highest BCUT2D eigenvalue weighted by molar-refractivity contribution is 7.89. The van der Waals surface area contributed by atoms with Crippen LogP contribution in [0.4, 0.5) is 14.7 Å². The van der Waals surface area contributed by atoms with Gasteiger partial charge in [0.05, 0.1) is 23.6 Å². The van der Waals surface area contributed by atoms with E-state index in [1.54, 1.807) is 4.90 Å². The summed E-state index contributed by atoms with van der Waals surface area (Å²) in [7, 11) is -3.64. The largest absolute Gasteiger partial charge is 0.389 e. The van der Waals surface area contributed by atoms with Crippen LogP contribution in [0.15, 0.2) is 18.2 Å². The van der Waals surface area contributed by atoms with Crippen LogP contribution in [0.1, 0.15) is 61.9 Å². The average Bonchev–Trinajstić information content (AvgIpc) is 3.16. The number of anilines is 1. The Labute approximate surface area is 192 Å². The van der Waals surface area contributed by atoms with E-state index in [-0.39, 0.29) is 47.6 Å². The zero-order chi connectivity index (χ0) is 23.9. The maximum Gasteiger partial charge on any atom is 0.290 e. The zero-order valence-electron chi connectivity index (χ0n) is 18.8. The van der Waals surface area contributed by atoms with Crippen LogP contribution in [0.25, 0.3) is 11.3 Å². The van der Waals surface area contributed by atoms with Gasteiger partial charge in [0.15, 0.2) is 0 Å². The summed E-state index contributed by atoms with van der Waals surface area (Å²) in [6, 6.07) is 5.42. The molecule has 1 aromatic carbocycles. The molecule has 1 fully saturated rings. The molecule has 0 amide bonds. The number of primary sulfonamides is 1. The summed E-state index contributed by atoms with van der Waals surface area (Å²) < 4.78 is 52.9. The van der Waals surface area contributed by atoms with Gasteiger partial charge in [0.2, 0.25) is 16.0 Å². The predicted octanol–water partition coefficient (Wildman–Crippen LogP) is 2.80. The van der Waals surface area contributed by atoms with Crippen LogP contribution in [-0.2, 0) is 27.8 Å². The van der Waals surface area contributed by atoms with Gasteiger partial charge in [0, 0.05) is 30.0 Å². The molecule has 3 aliphatic rings. The lowest BCUT2D eigenvalue weighted by atomic mass is 9.85. The number of hydrogen-bond acceptors (Lipinski definition) is 6. The summed E-state index contributed by atoms with van der Waals surface area (Å²) in [6.45, 7) is 6.21. The molecule has 178 valence electrons. The molecule has 2 aromatic rings. The van der Waals surface area contributed by atoms with Gasteiger partial charge in [0.25, 0.3) is 5.92 Å². The molecule has 0 unspecified atom stereocenters. The average molecular weight is 479 g/mol. The number of benzene rings is 1. The minimum atomic E-state index is -3.64. The number of hydrogen-bond donors (Lipinski definition) is 2. The van der Waals surface area contributed by atoms with Crippen LogP contribution >= 0.6 is 0 Å². The third kappa shape index (κ3) is 3.72. The molecule has 2 heterocycles. The standard InChI is InChI=1S/C23H28F2N4O3S/c1-12-18(30)10-29(12)21-27-19(16-6-7-23(24,25)20(16)28-21)13-4-5-15-14(11-33(26,31)32)9-22(2,3)17(15)8-13/h4-5,8,12,14,18,30H,6-7,9-11H2,1-3H3,(H2,26,31,32)/t12-,14+,18+/m0/s1. The monoisotopic (exact) mass is 478 g/mol. The van der Waals surface area contributed by atoms with E-state index in [9.17, 15) is 22.3 Å². The normalized spacial score (nSPS) is 27.2. The number of halogens is 2. The van der Waals surface area contributed by atoms with Crippen LogP contribution in [0.3, 0.4) is 0 Å². The lowest BCUT2D eigenvalue weighted by Crippen LogP contribution is -2.59. The number of alkyl halides is 2. The number of fused-ring (bicyclic) bond motifs is 2. The Morgan fingerprint density at radius 3 is 2.64 bits per heavy atom. The van der Waals surface area contributed by atoms with Crippen molar-refractivity contribution < 1.29 is 22.3 Å². The van der Waals surface area contributed by atoms with E-state index < -0.39 is 22.0 Å². The maximum absolute atomic E-state index is 14.7. The molecular weight excluding hydrogens is 450 g/mol. The molecular formula is C23H28F2N4O3S. The van der Waals surface area contributed by atoms with Crippen LogP contribution in [0, 0.1) is 0 Å². The number of sulfonamides is 1. The first-order chi connectivity index (χ1) is 15.3. The molecule has 5 rings (SSSR count). The first-order valence-electron chi connectivity index (χ1n) is 11.2. The highest BCUT2D eigenvalue weighted by Crippen LogP contribution is 2.49. The van der Waals surface area contributed by atoms with Gasteiger partial charge in [0.1, 0.15) is 5.69 Å². The fourth-order valence-corrected chi connectivity index (χ4v) is 6.40. The maximum atomic E-state index is 14.7. The summed E-state index contributed by atoms with van der Waals surface area (Å²) >= 11 is 0. The molecule has 1 aromatic heterocycles. The third-order valence-electron chi connectivity index (χ3n) is 7.41. The molecule has 0 saturated carbocycles. The fraction of sp³-hybridized carbons (Fsp3) is 0.565. The number of aromatic nitrogens is 2. The van der Waals surface area contributed by atoms with Gasteiger partial charge in [-0.1, -0.05) is 26.0 Å². The van der Waals surface area contributed by atoms with Gasteiger partial charge in [-0.15, -0.1) is 0 Å². The second-order valence-corrected chi connectivity index (χ2v) is 11.9. The second kappa shape index (κ2) is 7.16. The summed E-state index contributed by atoms with van der Waals surface area (Å²) in [6.07, 6.45) is -0.0258. The number of β-amino-alcohol motifs (C(OH)–C–C–N with tert-alkyl or cyclic N) is 1. The van der Waals surface area contributed by atoms with Crippen molar-refractivity contribution in [1.82, 2.24) is 9.97 Å². The number of nitrogens with two attached hydrogens (primary N) is 1. The van der Waals surface area contributed by atoms with E-state index in [0.29, 0.717) is 29.8 Å². The number of rotatable bonds is 4. The van der Waals surface area contributed by atoms with Crippen molar-refractivity contribution in [2.75, 3.05) is 17.2 Å². The van der Waals surface area contributed by atoms with Crippen LogP contribution in [0.2, 0.25) is 0 Å².